The molecule has 4 nitrogen and oxygen atoms in total. The highest BCUT2D eigenvalue weighted by Crippen LogP contribution is 2.29. The van der Waals surface area contributed by atoms with E-state index in [0.29, 0.717) is 12.3 Å². The fraction of sp³-hybridized carbons (Fsp3) is 0.500. The normalized spacial score (nSPS) is 14.1. The van der Waals surface area contributed by atoms with Crippen LogP contribution in [0.3, 0.4) is 0 Å². The Balaban J connectivity index is 1.95. The van der Waals surface area contributed by atoms with E-state index in [1.54, 1.807) is 24.3 Å². The second-order valence-corrected chi connectivity index (χ2v) is 5.46. The van der Waals surface area contributed by atoms with Crippen LogP contribution in [0.2, 0.25) is 0 Å². The molecule has 0 aromatic heterocycles. The molecule has 0 atom stereocenters. The zero-order valence-electron chi connectivity index (χ0n) is 11.8. The van der Waals surface area contributed by atoms with E-state index in [2.05, 4.69) is 6.92 Å². The number of carboxylic acids is 1. The maximum atomic E-state index is 12.3. The summed E-state index contributed by atoms with van der Waals surface area (Å²) in [6, 6.07) is 6.55. The molecule has 1 N–H and O–H groups in total. The molecule has 1 aromatic rings. The van der Waals surface area contributed by atoms with Gasteiger partial charge in [-0.3, -0.25) is 4.79 Å². The van der Waals surface area contributed by atoms with E-state index in [1.165, 1.54) is 12.8 Å². The van der Waals surface area contributed by atoms with Gasteiger partial charge in [0.25, 0.3) is 0 Å². The van der Waals surface area contributed by atoms with Gasteiger partial charge in [-0.15, -0.1) is 0 Å². The molecule has 0 heterocycles. The van der Waals surface area contributed by atoms with Crippen molar-refractivity contribution in [3.63, 3.8) is 0 Å². The lowest BCUT2D eigenvalue weighted by Gasteiger charge is -2.22. The predicted octanol–water partition coefficient (Wildman–Crippen LogP) is 2.58. The summed E-state index contributed by atoms with van der Waals surface area (Å²) in [6.45, 7) is 3.76. The third-order valence-electron chi connectivity index (χ3n) is 3.58. The fourth-order valence-electron chi connectivity index (χ4n) is 2.25. The lowest BCUT2D eigenvalue weighted by molar-refractivity contribution is -0.130. The van der Waals surface area contributed by atoms with Crippen LogP contribution >= 0.6 is 0 Å². The van der Waals surface area contributed by atoms with E-state index in [0.717, 1.165) is 25.1 Å². The Kier molecular flexibility index (Phi) is 4.77. The van der Waals surface area contributed by atoms with E-state index in [4.69, 9.17) is 5.11 Å². The molecule has 0 bridgehead atoms. The number of aromatic carboxylic acids is 1. The maximum absolute atomic E-state index is 12.3. The molecule has 0 aliphatic heterocycles. The number of rotatable bonds is 7. The second-order valence-electron chi connectivity index (χ2n) is 5.46. The van der Waals surface area contributed by atoms with Gasteiger partial charge < -0.3 is 10.0 Å². The van der Waals surface area contributed by atoms with Crippen LogP contribution in [0.4, 0.5) is 0 Å². The monoisotopic (exact) mass is 275 g/mol. The van der Waals surface area contributed by atoms with Crippen molar-refractivity contribution >= 4 is 11.9 Å². The molecule has 1 aliphatic rings. The van der Waals surface area contributed by atoms with Crippen molar-refractivity contribution in [3.05, 3.63) is 35.4 Å². The Bertz CT molecular complexity index is 477. The van der Waals surface area contributed by atoms with E-state index in [-0.39, 0.29) is 11.5 Å². The largest absolute Gasteiger partial charge is 0.478 e. The smallest absolute Gasteiger partial charge is 0.335 e. The van der Waals surface area contributed by atoms with Gasteiger partial charge >= 0.3 is 5.97 Å². The van der Waals surface area contributed by atoms with Crippen LogP contribution in [-0.2, 0) is 11.2 Å². The standard InChI is InChI=1S/C16H21NO3/c1-2-9-17(11-13-3-4-13)15(18)10-12-5-7-14(8-6-12)16(19)20/h5-8,13H,2-4,9-11H2,1H3,(H,19,20). The van der Waals surface area contributed by atoms with E-state index in [9.17, 15) is 9.59 Å². The number of carboxylic acid groups (broad SMARTS) is 1. The minimum atomic E-state index is -0.941. The molecule has 1 fully saturated rings. The first kappa shape index (κ1) is 14.6. The minimum Gasteiger partial charge on any atom is -0.478 e. The minimum absolute atomic E-state index is 0.141. The summed E-state index contributed by atoms with van der Waals surface area (Å²) < 4.78 is 0. The fourth-order valence-corrected chi connectivity index (χ4v) is 2.25. The second kappa shape index (κ2) is 6.55. The predicted molar refractivity (Wildman–Crippen MR) is 76.7 cm³/mol. The van der Waals surface area contributed by atoms with Gasteiger partial charge in [-0.1, -0.05) is 19.1 Å². The lowest BCUT2D eigenvalue weighted by Crippen LogP contribution is -2.34. The third kappa shape index (κ3) is 4.08. The van der Waals surface area contributed by atoms with Crippen molar-refractivity contribution in [2.24, 2.45) is 5.92 Å². The summed E-state index contributed by atoms with van der Waals surface area (Å²) >= 11 is 0. The highest BCUT2D eigenvalue weighted by atomic mass is 16.4. The van der Waals surface area contributed by atoms with E-state index >= 15 is 0 Å². The van der Waals surface area contributed by atoms with E-state index in [1.807, 2.05) is 4.90 Å². The van der Waals surface area contributed by atoms with Crippen molar-refractivity contribution in [1.29, 1.82) is 0 Å². The zero-order chi connectivity index (χ0) is 14.5. The summed E-state index contributed by atoms with van der Waals surface area (Å²) in [5, 5.41) is 8.85. The SMILES string of the molecule is CCCN(CC1CC1)C(=O)Cc1ccc(C(=O)O)cc1. The van der Waals surface area contributed by atoms with Crippen LogP contribution in [-0.4, -0.2) is 35.0 Å². The van der Waals surface area contributed by atoms with Crippen molar-refractivity contribution in [3.8, 4) is 0 Å². The van der Waals surface area contributed by atoms with Crippen molar-refractivity contribution in [1.82, 2.24) is 4.90 Å². The Morgan fingerprint density at radius 3 is 2.40 bits per heavy atom. The van der Waals surface area contributed by atoms with Crippen LogP contribution in [0.25, 0.3) is 0 Å². The maximum Gasteiger partial charge on any atom is 0.335 e. The molecule has 20 heavy (non-hydrogen) atoms. The molecule has 4 heteroatoms. The highest BCUT2D eigenvalue weighted by molar-refractivity contribution is 5.87. The average molecular weight is 275 g/mol. The molecule has 1 amide bonds. The Morgan fingerprint density at radius 1 is 1.25 bits per heavy atom. The van der Waals surface area contributed by atoms with Gasteiger partial charge in [0.15, 0.2) is 0 Å². The molecule has 1 saturated carbocycles. The van der Waals surface area contributed by atoms with Gasteiger partial charge in [0.05, 0.1) is 12.0 Å². The van der Waals surface area contributed by atoms with Crippen LogP contribution < -0.4 is 0 Å². The first-order chi connectivity index (χ1) is 9.60. The Hall–Kier alpha value is -1.84. The number of nitrogens with zero attached hydrogens (tertiary/aromatic N) is 1. The molecular formula is C16H21NO3. The molecule has 0 spiro atoms. The van der Waals surface area contributed by atoms with E-state index < -0.39 is 5.97 Å². The summed E-state index contributed by atoms with van der Waals surface area (Å²) in [6.07, 6.45) is 3.80. The van der Waals surface area contributed by atoms with Crippen LogP contribution in [0, 0.1) is 5.92 Å². The van der Waals surface area contributed by atoms with Gasteiger partial charge in [0.1, 0.15) is 0 Å². The number of amides is 1. The summed E-state index contributed by atoms with van der Waals surface area (Å²) in [5.41, 5.74) is 1.13. The van der Waals surface area contributed by atoms with Crippen molar-refractivity contribution in [2.75, 3.05) is 13.1 Å². The van der Waals surface area contributed by atoms with Crippen molar-refractivity contribution in [2.45, 2.75) is 32.6 Å². The van der Waals surface area contributed by atoms with Crippen LogP contribution in [0.1, 0.15) is 42.1 Å². The van der Waals surface area contributed by atoms with Gasteiger partial charge in [-0.25, -0.2) is 4.79 Å². The molecule has 1 aromatic carbocycles. The number of carbonyl (C=O) groups is 2. The molecule has 0 radical (unpaired) electrons. The third-order valence-corrected chi connectivity index (χ3v) is 3.58. The summed E-state index contributed by atoms with van der Waals surface area (Å²) in [4.78, 5) is 25.0. The first-order valence-corrected chi connectivity index (χ1v) is 7.20. The molecule has 108 valence electrons. The lowest BCUT2D eigenvalue weighted by atomic mass is 10.1. The number of carbonyl (C=O) groups excluding carboxylic acids is 1. The van der Waals surface area contributed by atoms with Gasteiger partial charge in [0.2, 0.25) is 5.91 Å². The van der Waals surface area contributed by atoms with Gasteiger partial charge in [0, 0.05) is 13.1 Å². The quantitative estimate of drug-likeness (QED) is 0.832. The number of hydrogen-bond donors (Lipinski definition) is 1. The van der Waals surface area contributed by atoms with Crippen LogP contribution in [0.5, 0.6) is 0 Å². The number of hydrogen-bond acceptors (Lipinski definition) is 2. The Labute approximate surface area is 119 Å². The molecular weight excluding hydrogens is 254 g/mol. The highest BCUT2D eigenvalue weighted by Gasteiger charge is 2.26. The Morgan fingerprint density at radius 2 is 1.90 bits per heavy atom. The average Bonchev–Trinajstić information content (AvgIpc) is 3.23. The van der Waals surface area contributed by atoms with Crippen LogP contribution in [0.15, 0.2) is 24.3 Å². The van der Waals surface area contributed by atoms with Crippen molar-refractivity contribution < 1.29 is 14.7 Å². The first-order valence-electron chi connectivity index (χ1n) is 7.20. The molecule has 2 rings (SSSR count). The molecule has 0 saturated heterocycles. The summed E-state index contributed by atoms with van der Waals surface area (Å²) in [7, 11) is 0. The molecule has 0 unspecified atom stereocenters. The van der Waals surface area contributed by atoms with Gasteiger partial charge in [-0.2, -0.15) is 0 Å². The molecule has 1 aliphatic carbocycles. The topological polar surface area (TPSA) is 57.6 Å². The number of benzene rings is 1. The summed E-state index contributed by atoms with van der Waals surface area (Å²) in [5.74, 6) is -0.106. The van der Waals surface area contributed by atoms with Gasteiger partial charge in [-0.05, 0) is 42.9 Å². The zero-order valence-corrected chi connectivity index (χ0v) is 11.8.